The Morgan fingerprint density at radius 3 is 1.64 bits per heavy atom. The highest BCUT2D eigenvalue weighted by Gasteiger charge is 2.55. The minimum atomic E-state index is -0.737. The molecule has 28 heavy (non-hydrogen) atoms. The molecule has 162 valence electrons. The van der Waals surface area contributed by atoms with Crippen LogP contribution in [0.2, 0.25) is 0 Å². The van der Waals surface area contributed by atoms with Gasteiger partial charge in [0.05, 0.1) is 18.2 Å². The molecule has 2 aliphatic rings. The van der Waals surface area contributed by atoms with Crippen molar-refractivity contribution in [1.29, 1.82) is 0 Å². The molecule has 0 radical (unpaired) electrons. The van der Waals surface area contributed by atoms with Crippen LogP contribution in [0, 0.1) is 0 Å². The van der Waals surface area contributed by atoms with Gasteiger partial charge in [0.1, 0.15) is 18.6 Å². The predicted molar refractivity (Wildman–Crippen MR) is 102 cm³/mol. The normalized spacial score (nSPS) is 30.9. The van der Waals surface area contributed by atoms with E-state index in [4.69, 9.17) is 14.3 Å². The molecule has 2 aliphatic heterocycles. The monoisotopic (exact) mass is 400 g/mol. The Labute approximate surface area is 168 Å². The van der Waals surface area contributed by atoms with Crippen LogP contribution in [0.25, 0.3) is 0 Å². The first kappa shape index (κ1) is 23.1. The number of ether oxygens (including phenoxy) is 2. The molecule has 0 aromatic heterocycles. The zero-order valence-corrected chi connectivity index (χ0v) is 18.7. The maximum absolute atomic E-state index is 12.4. The molecule has 0 saturated carbocycles. The predicted octanol–water partition coefficient (Wildman–Crippen LogP) is 2.68. The number of carbonyl (C=O) groups excluding carboxylic acids is 2. The summed E-state index contributed by atoms with van der Waals surface area (Å²) in [7, 11) is 1.60. The van der Waals surface area contributed by atoms with Gasteiger partial charge in [-0.2, -0.15) is 10.1 Å². The Kier molecular flexibility index (Phi) is 5.96. The highest BCUT2D eigenvalue weighted by Crippen LogP contribution is 2.43. The summed E-state index contributed by atoms with van der Waals surface area (Å²) in [5, 5.41) is 13.4. The third kappa shape index (κ3) is 4.06. The Hall–Kier alpha value is -1.22. The van der Waals surface area contributed by atoms with Gasteiger partial charge in [-0.05, 0) is 55.4 Å². The lowest BCUT2D eigenvalue weighted by Gasteiger charge is -2.38. The van der Waals surface area contributed by atoms with E-state index in [-0.39, 0.29) is 5.54 Å². The van der Waals surface area contributed by atoms with Crippen LogP contribution >= 0.6 is 0 Å². The summed E-state index contributed by atoms with van der Waals surface area (Å²) in [5.41, 5.74) is -2.07. The van der Waals surface area contributed by atoms with E-state index in [1.807, 2.05) is 46.6 Å². The van der Waals surface area contributed by atoms with Gasteiger partial charge in [0.25, 0.3) is 0 Å². The SMILES string of the molecule is CON1C(C)(C)CC(OC(=O)CC(=O)OC2CC(C)(C)N(O)C2(C)C)C1(C)C. The fourth-order valence-electron chi connectivity index (χ4n) is 4.78. The first-order chi connectivity index (χ1) is 12.6. The number of rotatable bonds is 5. The van der Waals surface area contributed by atoms with E-state index < -0.39 is 47.2 Å². The minimum Gasteiger partial charge on any atom is -0.460 e. The fourth-order valence-corrected chi connectivity index (χ4v) is 4.78. The van der Waals surface area contributed by atoms with E-state index in [0.29, 0.717) is 12.8 Å². The Morgan fingerprint density at radius 2 is 1.29 bits per heavy atom. The average molecular weight is 401 g/mol. The molecule has 0 aromatic rings. The molecule has 0 spiro atoms. The van der Waals surface area contributed by atoms with Gasteiger partial charge in [-0.3, -0.25) is 9.59 Å². The summed E-state index contributed by atoms with van der Waals surface area (Å²) in [4.78, 5) is 30.2. The number of esters is 2. The van der Waals surface area contributed by atoms with E-state index in [2.05, 4.69) is 0 Å². The first-order valence-corrected chi connectivity index (χ1v) is 9.78. The summed E-state index contributed by atoms with van der Waals surface area (Å²) < 4.78 is 11.1. The van der Waals surface area contributed by atoms with E-state index in [0.717, 1.165) is 0 Å². The lowest BCUT2D eigenvalue weighted by Crippen LogP contribution is -2.50. The van der Waals surface area contributed by atoms with Crippen LogP contribution in [0.5, 0.6) is 0 Å². The van der Waals surface area contributed by atoms with Crippen molar-refractivity contribution in [2.24, 2.45) is 0 Å². The van der Waals surface area contributed by atoms with Gasteiger partial charge >= 0.3 is 11.9 Å². The topological polar surface area (TPSA) is 88.5 Å². The zero-order valence-electron chi connectivity index (χ0n) is 18.7. The standard InChI is InChI=1S/C20H36N2O6/c1-17(2)11-13(19(5,6)21(17)25)27-15(23)10-16(24)28-14-12-18(3,4)22(26-9)20(14,7)8/h13-14,25H,10-12H2,1-9H3. The summed E-state index contributed by atoms with van der Waals surface area (Å²) in [6.07, 6.45) is -0.309. The Bertz CT molecular complexity index is 628. The van der Waals surface area contributed by atoms with Gasteiger partial charge in [-0.1, -0.05) is 0 Å². The van der Waals surface area contributed by atoms with E-state index >= 15 is 0 Å². The van der Waals surface area contributed by atoms with E-state index in [1.54, 1.807) is 21.0 Å². The maximum Gasteiger partial charge on any atom is 0.317 e. The highest BCUT2D eigenvalue weighted by molar-refractivity contribution is 5.91. The smallest absolute Gasteiger partial charge is 0.317 e. The molecule has 2 atom stereocenters. The second-order valence-electron chi connectivity index (χ2n) is 10.3. The zero-order chi connectivity index (χ0) is 21.7. The number of carbonyl (C=O) groups is 2. The molecule has 0 aromatic carbocycles. The van der Waals surface area contributed by atoms with Gasteiger partial charge in [-0.25, -0.2) is 0 Å². The highest BCUT2D eigenvalue weighted by atomic mass is 16.7. The van der Waals surface area contributed by atoms with Crippen molar-refractivity contribution < 1.29 is 29.1 Å². The lowest BCUT2D eigenvalue weighted by atomic mass is 9.97. The second kappa shape index (κ2) is 7.23. The van der Waals surface area contributed by atoms with Crippen molar-refractivity contribution in [2.75, 3.05) is 7.11 Å². The third-order valence-corrected chi connectivity index (χ3v) is 6.16. The Balaban J connectivity index is 1.96. The third-order valence-electron chi connectivity index (χ3n) is 6.16. The first-order valence-electron chi connectivity index (χ1n) is 9.78. The molecular weight excluding hydrogens is 364 g/mol. The number of hydrogen-bond acceptors (Lipinski definition) is 8. The molecule has 8 heteroatoms. The van der Waals surface area contributed by atoms with Gasteiger partial charge in [0.15, 0.2) is 0 Å². The quantitative estimate of drug-likeness (QED) is 0.557. The van der Waals surface area contributed by atoms with Crippen LogP contribution in [0.3, 0.4) is 0 Å². The van der Waals surface area contributed by atoms with Crippen LogP contribution < -0.4 is 0 Å². The van der Waals surface area contributed by atoms with E-state index in [9.17, 15) is 14.8 Å². The van der Waals surface area contributed by atoms with Gasteiger partial charge in [-0.15, -0.1) is 0 Å². The van der Waals surface area contributed by atoms with Gasteiger partial charge in [0, 0.05) is 23.9 Å². The van der Waals surface area contributed by atoms with Crippen molar-refractivity contribution in [3.05, 3.63) is 0 Å². The van der Waals surface area contributed by atoms with Gasteiger partial charge in [0.2, 0.25) is 0 Å². The second-order valence-corrected chi connectivity index (χ2v) is 10.3. The maximum atomic E-state index is 12.4. The van der Waals surface area contributed by atoms with Crippen molar-refractivity contribution in [3.63, 3.8) is 0 Å². The van der Waals surface area contributed by atoms with Crippen LogP contribution in [0.15, 0.2) is 0 Å². The fraction of sp³-hybridized carbons (Fsp3) is 0.900. The molecule has 1 N–H and O–H groups in total. The molecule has 2 fully saturated rings. The summed E-state index contributed by atoms with van der Waals surface area (Å²) in [6, 6.07) is 0. The number of hydrogen-bond donors (Lipinski definition) is 1. The molecule has 2 rings (SSSR count). The molecule has 0 amide bonds. The summed E-state index contributed by atoms with van der Waals surface area (Å²) in [6.45, 7) is 15.3. The van der Waals surface area contributed by atoms with Crippen LogP contribution in [0.1, 0.15) is 74.7 Å². The number of nitrogens with zero attached hydrogens (tertiary/aromatic N) is 2. The molecule has 2 heterocycles. The lowest BCUT2D eigenvalue weighted by molar-refractivity contribution is -0.229. The molecule has 0 bridgehead atoms. The van der Waals surface area contributed by atoms with E-state index in [1.165, 1.54) is 5.06 Å². The van der Waals surface area contributed by atoms with Crippen molar-refractivity contribution >= 4 is 11.9 Å². The van der Waals surface area contributed by atoms with Crippen molar-refractivity contribution in [3.8, 4) is 0 Å². The minimum absolute atomic E-state index is 0.298. The van der Waals surface area contributed by atoms with Crippen LogP contribution in [0.4, 0.5) is 0 Å². The Morgan fingerprint density at radius 1 is 0.857 bits per heavy atom. The van der Waals surface area contributed by atoms with Crippen molar-refractivity contribution in [1.82, 2.24) is 10.1 Å². The largest absolute Gasteiger partial charge is 0.460 e. The number of hydroxylamine groups is 4. The van der Waals surface area contributed by atoms with Crippen LogP contribution in [-0.4, -0.2) is 68.7 Å². The average Bonchev–Trinajstić information content (AvgIpc) is 2.77. The van der Waals surface area contributed by atoms with Gasteiger partial charge < -0.3 is 19.5 Å². The summed E-state index contributed by atoms with van der Waals surface area (Å²) >= 11 is 0. The molecule has 2 saturated heterocycles. The van der Waals surface area contributed by atoms with Crippen LogP contribution in [-0.2, 0) is 23.9 Å². The summed E-state index contributed by atoms with van der Waals surface area (Å²) in [5.74, 6) is -1.26. The molecular formula is C20H36N2O6. The van der Waals surface area contributed by atoms with Crippen molar-refractivity contribution in [2.45, 2.75) is 109 Å². The molecule has 0 aliphatic carbocycles. The molecule has 8 nitrogen and oxygen atoms in total. The molecule has 2 unspecified atom stereocenters.